The zero-order valence-corrected chi connectivity index (χ0v) is 15.0. The number of rotatable bonds is 6. The molecule has 136 valence electrons. The fourth-order valence-corrected chi connectivity index (χ4v) is 2.25. The molecule has 0 atom stereocenters. The van der Waals surface area contributed by atoms with Gasteiger partial charge in [-0.2, -0.15) is 0 Å². The molecule has 0 spiro atoms. The molecule has 0 heterocycles. The van der Waals surface area contributed by atoms with Gasteiger partial charge in [0.25, 0.3) is 5.91 Å². The first-order valence-corrected chi connectivity index (χ1v) is 8.05. The van der Waals surface area contributed by atoms with Crippen LogP contribution in [0.5, 0.6) is 11.5 Å². The molecule has 0 bridgehead atoms. The van der Waals surface area contributed by atoms with Crippen LogP contribution in [0.25, 0.3) is 6.08 Å². The number of benzene rings is 2. The van der Waals surface area contributed by atoms with E-state index in [0.29, 0.717) is 16.3 Å². The zero-order valence-electron chi connectivity index (χ0n) is 14.3. The third-order valence-corrected chi connectivity index (χ3v) is 3.91. The summed E-state index contributed by atoms with van der Waals surface area (Å²) < 4.78 is 9.88. The van der Waals surface area contributed by atoms with E-state index in [9.17, 15) is 14.7 Å². The number of esters is 1. The maximum absolute atomic E-state index is 11.9. The van der Waals surface area contributed by atoms with E-state index in [1.165, 1.54) is 25.3 Å². The molecule has 0 fully saturated rings. The van der Waals surface area contributed by atoms with Gasteiger partial charge in [-0.05, 0) is 48.4 Å². The summed E-state index contributed by atoms with van der Waals surface area (Å²) in [5, 5.41) is 12.7. The Morgan fingerprint density at radius 1 is 1.27 bits per heavy atom. The van der Waals surface area contributed by atoms with Crippen molar-refractivity contribution in [3.8, 4) is 11.5 Å². The second-order valence-corrected chi connectivity index (χ2v) is 5.74. The van der Waals surface area contributed by atoms with Gasteiger partial charge < -0.3 is 19.9 Å². The minimum atomic E-state index is -0.671. The van der Waals surface area contributed by atoms with Gasteiger partial charge in [-0.1, -0.05) is 23.7 Å². The van der Waals surface area contributed by atoms with Gasteiger partial charge in [-0.3, -0.25) is 4.79 Å². The van der Waals surface area contributed by atoms with E-state index in [2.05, 4.69) is 5.32 Å². The van der Waals surface area contributed by atoms with Crippen molar-refractivity contribution in [2.45, 2.75) is 6.92 Å². The van der Waals surface area contributed by atoms with Crippen molar-refractivity contribution >= 4 is 35.2 Å². The SMILES string of the molecule is COc1cc(/C=C/C(=O)OCC(=O)Nc2cccc(Cl)c2C)ccc1O. The van der Waals surface area contributed by atoms with E-state index >= 15 is 0 Å². The quantitative estimate of drug-likeness (QED) is 0.595. The number of carbonyl (C=O) groups is 2. The van der Waals surface area contributed by atoms with Gasteiger partial charge in [-0.15, -0.1) is 0 Å². The van der Waals surface area contributed by atoms with Crippen molar-refractivity contribution in [3.05, 3.63) is 58.6 Å². The number of halogens is 1. The van der Waals surface area contributed by atoms with E-state index in [4.69, 9.17) is 21.1 Å². The lowest BCUT2D eigenvalue weighted by atomic mass is 10.2. The van der Waals surface area contributed by atoms with Crippen LogP contribution in [0.1, 0.15) is 11.1 Å². The number of ether oxygens (including phenoxy) is 2. The Balaban J connectivity index is 1.88. The average molecular weight is 376 g/mol. The predicted molar refractivity (Wildman–Crippen MR) is 99.5 cm³/mol. The Labute approximate surface area is 156 Å². The van der Waals surface area contributed by atoms with Crippen molar-refractivity contribution in [3.63, 3.8) is 0 Å². The summed E-state index contributed by atoms with van der Waals surface area (Å²) in [5.41, 5.74) is 1.93. The number of hydrogen-bond acceptors (Lipinski definition) is 5. The highest BCUT2D eigenvalue weighted by molar-refractivity contribution is 6.31. The lowest BCUT2D eigenvalue weighted by Crippen LogP contribution is -2.20. The summed E-state index contributed by atoms with van der Waals surface area (Å²) in [5.74, 6) is -0.851. The highest BCUT2D eigenvalue weighted by Gasteiger charge is 2.09. The third kappa shape index (κ3) is 5.26. The number of anilines is 1. The number of phenolic OH excluding ortho intramolecular Hbond substituents is 1. The second kappa shape index (κ2) is 8.92. The Morgan fingerprint density at radius 3 is 2.77 bits per heavy atom. The van der Waals surface area contributed by atoms with Gasteiger partial charge >= 0.3 is 5.97 Å². The molecule has 2 N–H and O–H groups in total. The lowest BCUT2D eigenvalue weighted by Gasteiger charge is -2.09. The number of hydrogen-bond donors (Lipinski definition) is 2. The van der Waals surface area contributed by atoms with Crippen LogP contribution in [-0.2, 0) is 14.3 Å². The van der Waals surface area contributed by atoms with E-state index in [0.717, 1.165) is 5.56 Å². The topological polar surface area (TPSA) is 84.9 Å². The van der Waals surface area contributed by atoms with E-state index < -0.39 is 18.5 Å². The van der Waals surface area contributed by atoms with Crippen molar-refractivity contribution in [2.75, 3.05) is 19.0 Å². The summed E-state index contributed by atoms with van der Waals surface area (Å²) >= 11 is 5.99. The van der Waals surface area contributed by atoms with Gasteiger partial charge in [0.05, 0.1) is 7.11 Å². The van der Waals surface area contributed by atoms with Gasteiger partial charge in [0.2, 0.25) is 0 Å². The zero-order chi connectivity index (χ0) is 19.1. The van der Waals surface area contributed by atoms with Crippen LogP contribution in [0.3, 0.4) is 0 Å². The number of amides is 1. The molecule has 2 aromatic carbocycles. The van der Waals surface area contributed by atoms with Crippen LogP contribution in [0.15, 0.2) is 42.5 Å². The number of nitrogens with one attached hydrogen (secondary N) is 1. The van der Waals surface area contributed by atoms with Crippen LogP contribution < -0.4 is 10.1 Å². The Morgan fingerprint density at radius 2 is 2.04 bits per heavy atom. The molecule has 7 heteroatoms. The van der Waals surface area contributed by atoms with Crippen LogP contribution in [0.4, 0.5) is 5.69 Å². The average Bonchev–Trinajstić information content (AvgIpc) is 2.63. The van der Waals surface area contributed by atoms with Gasteiger partial charge in [0.15, 0.2) is 18.1 Å². The fourth-order valence-electron chi connectivity index (χ4n) is 2.08. The van der Waals surface area contributed by atoms with Crippen LogP contribution in [-0.4, -0.2) is 30.7 Å². The van der Waals surface area contributed by atoms with E-state index in [-0.39, 0.29) is 11.5 Å². The molecule has 0 aliphatic heterocycles. The number of phenols is 1. The maximum Gasteiger partial charge on any atom is 0.331 e. The summed E-state index contributed by atoms with van der Waals surface area (Å²) in [4.78, 5) is 23.6. The second-order valence-electron chi connectivity index (χ2n) is 5.33. The first-order chi connectivity index (χ1) is 12.4. The molecular weight excluding hydrogens is 358 g/mol. The summed E-state index contributed by atoms with van der Waals surface area (Å²) in [6.45, 7) is 1.35. The van der Waals surface area contributed by atoms with Gasteiger partial charge in [0.1, 0.15) is 0 Å². The molecule has 2 aromatic rings. The molecule has 0 aliphatic rings. The monoisotopic (exact) mass is 375 g/mol. The fraction of sp³-hybridized carbons (Fsp3) is 0.158. The van der Waals surface area contributed by atoms with Gasteiger partial charge in [-0.25, -0.2) is 4.79 Å². The first kappa shape index (κ1) is 19.3. The Hall–Kier alpha value is -2.99. The van der Waals surface area contributed by atoms with Crippen LogP contribution >= 0.6 is 11.6 Å². The van der Waals surface area contributed by atoms with Crippen molar-refractivity contribution in [1.82, 2.24) is 0 Å². The molecule has 2 rings (SSSR count). The Bertz CT molecular complexity index is 848. The van der Waals surface area contributed by atoms with Crippen molar-refractivity contribution in [1.29, 1.82) is 0 Å². The molecule has 1 amide bonds. The minimum Gasteiger partial charge on any atom is -0.504 e. The first-order valence-electron chi connectivity index (χ1n) is 7.67. The standard InChI is InChI=1S/C19H18ClNO5/c1-12-14(20)4-3-5-15(12)21-18(23)11-26-19(24)9-7-13-6-8-16(22)17(10-13)25-2/h3-10,22H,11H2,1-2H3,(H,21,23)/b9-7+. The summed E-state index contributed by atoms with van der Waals surface area (Å²) in [6.07, 6.45) is 2.67. The molecule has 0 saturated heterocycles. The Kier molecular flexibility index (Phi) is 6.63. The number of methoxy groups -OCH3 is 1. The van der Waals surface area contributed by atoms with Crippen LogP contribution in [0.2, 0.25) is 5.02 Å². The van der Waals surface area contributed by atoms with Gasteiger partial charge in [0, 0.05) is 16.8 Å². The molecule has 0 radical (unpaired) electrons. The molecular formula is C19H18ClNO5. The summed E-state index contributed by atoms with van der Waals surface area (Å²) in [7, 11) is 1.43. The largest absolute Gasteiger partial charge is 0.504 e. The lowest BCUT2D eigenvalue weighted by molar-refractivity contribution is -0.142. The highest BCUT2D eigenvalue weighted by Crippen LogP contribution is 2.26. The van der Waals surface area contributed by atoms with Crippen molar-refractivity contribution in [2.24, 2.45) is 0 Å². The van der Waals surface area contributed by atoms with Crippen molar-refractivity contribution < 1.29 is 24.2 Å². The molecule has 0 aliphatic carbocycles. The highest BCUT2D eigenvalue weighted by atomic mass is 35.5. The molecule has 6 nitrogen and oxygen atoms in total. The summed E-state index contributed by atoms with van der Waals surface area (Å²) in [6, 6.07) is 9.76. The van der Waals surface area contributed by atoms with E-state index in [1.54, 1.807) is 37.3 Å². The molecule has 0 aromatic heterocycles. The third-order valence-electron chi connectivity index (χ3n) is 3.50. The number of carbonyl (C=O) groups excluding carboxylic acids is 2. The molecule has 0 saturated carbocycles. The van der Waals surface area contributed by atoms with Crippen LogP contribution in [0, 0.1) is 6.92 Å². The number of aromatic hydroxyl groups is 1. The predicted octanol–water partition coefficient (Wildman–Crippen LogP) is 3.56. The van der Waals surface area contributed by atoms with E-state index in [1.807, 2.05) is 0 Å². The minimum absolute atomic E-state index is 0.000191. The maximum atomic E-state index is 11.9. The normalized spacial score (nSPS) is 10.6. The smallest absolute Gasteiger partial charge is 0.331 e. The molecule has 26 heavy (non-hydrogen) atoms. The molecule has 0 unspecified atom stereocenters.